The van der Waals surface area contributed by atoms with E-state index in [2.05, 4.69) is 13.8 Å². The van der Waals surface area contributed by atoms with Gasteiger partial charge in [0.2, 0.25) is 0 Å². The van der Waals surface area contributed by atoms with Gasteiger partial charge in [-0.2, -0.15) is 8.42 Å². The van der Waals surface area contributed by atoms with Gasteiger partial charge in [-0.05, 0) is 79.3 Å². The fourth-order valence-corrected chi connectivity index (χ4v) is 7.06. The van der Waals surface area contributed by atoms with Gasteiger partial charge in [0.25, 0.3) is 10.1 Å². The second kappa shape index (κ2) is 25.4. The van der Waals surface area contributed by atoms with E-state index in [-0.39, 0.29) is 77.1 Å². The maximum atomic E-state index is 11.8. The van der Waals surface area contributed by atoms with Crippen LogP contribution >= 0.6 is 0 Å². The first kappa shape index (κ1) is 48.3. The second-order valence-corrected chi connectivity index (χ2v) is 16.1. The Morgan fingerprint density at radius 2 is 0.964 bits per heavy atom. The third-order valence-electron chi connectivity index (χ3n) is 8.86. The molecule has 55 heavy (non-hydrogen) atoms. The molecule has 0 fully saturated rings. The van der Waals surface area contributed by atoms with Gasteiger partial charge in [0.05, 0.1) is 4.90 Å². The first-order valence-electron chi connectivity index (χ1n) is 18.9. The van der Waals surface area contributed by atoms with Crippen LogP contribution in [-0.4, -0.2) is 68.8 Å². The van der Waals surface area contributed by atoms with Crippen LogP contribution < -0.4 is 14.6 Å². The molecule has 0 aliphatic heterocycles. The Morgan fingerprint density at radius 1 is 0.545 bits per heavy atom. The summed E-state index contributed by atoms with van der Waals surface area (Å²) >= 11 is 0. The molecule has 10 nitrogen and oxygen atoms in total. The zero-order valence-corrected chi connectivity index (χ0v) is 35.9. The zero-order chi connectivity index (χ0) is 39.4. The molecular weight excluding hydrogens is 769 g/mol. The molecular formula is C42H54CaO10S2. The van der Waals surface area contributed by atoms with Gasteiger partial charge >= 0.3 is 37.7 Å². The number of aromatic hydroxyl groups is 1. The Bertz CT molecular complexity index is 1810. The van der Waals surface area contributed by atoms with E-state index < -0.39 is 25.1 Å². The third-order valence-corrected chi connectivity index (χ3v) is 10.6. The molecule has 4 aromatic rings. The molecule has 0 saturated carbocycles. The van der Waals surface area contributed by atoms with Gasteiger partial charge in [0, 0.05) is 0 Å². The van der Waals surface area contributed by atoms with Gasteiger partial charge in [0.15, 0.2) is 11.5 Å². The number of phenolic OH excluding ortho intramolecular Hbond substituents is 1. The van der Waals surface area contributed by atoms with Gasteiger partial charge < -0.3 is 24.2 Å². The van der Waals surface area contributed by atoms with E-state index in [4.69, 9.17) is 9.47 Å². The Kier molecular flexibility index (Phi) is 22.3. The second-order valence-electron chi connectivity index (χ2n) is 13.4. The van der Waals surface area contributed by atoms with Gasteiger partial charge in [-0.1, -0.05) is 139 Å². The average Bonchev–Trinajstić information content (AvgIpc) is 3.12. The predicted octanol–water partition coefficient (Wildman–Crippen LogP) is 10.1. The number of rotatable bonds is 22. The molecule has 0 heterocycles. The number of aryl methyl sites for hydroxylation is 2. The van der Waals surface area contributed by atoms with Crippen molar-refractivity contribution in [2.45, 2.75) is 126 Å². The average molecular weight is 823 g/mol. The van der Waals surface area contributed by atoms with Crippen molar-refractivity contribution in [2.24, 2.45) is 0 Å². The third kappa shape index (κ3) is 17.9. The first-order valence-corrected chi connectivity index (χ1v) is 21.8. The van der Waals surface area contributed by atoms with E-state index in [9.17, 15) is 36.2 Å². The SMILES string of the molecule is CCCCCCCCCc1ccc(S(=O)(=O)O)c(Oc2ccccc2O)c1.CCCCCCCCCc1ccc(S(=O)(=O)[O-])c(Oc2ccccc2[O-])c1.[Ca+2]. The van der Waals surface area contributed by atoms with Crippen molar-refractivity contribution >= 4 is 58.0 Å². The number of hydrogen-bond donors (Lipinski definition) is 2. The number of phenols is 1. The number of para-hydroxylation sites is 4. The molecule has 0 bridgehead atoms. The van der Waals surface area contributed by atoms with Crippen LogP contribution in [-0.2, 0) is 33.1 Å². The molecule has 2 N–H and O–H groups in total. The van der Waals surface area contributed by atoms with Crippen molar-refractivity contribution in [1.82, 2.24) is 0 Å². The molecule has 0 aliphatic carbocycles. The molecule has 0 saturated heterocycles. The summed E-state index contributed by atoms with van der Waals surface area (Å²) in [6, 6.07) is 21.4. The van der Waals surface area contributed by atoms with Gasteiger partial charge in [0.1, 0.15) is 32.3 Å². The molecule has 0 radical (unpaired) electrons. The quantitative estimate of drug-likeness (QED) is 0.0441. The monoisotopic (exact) mass is 822 g/mol. The summed E-state index contributed by atoms with van der Waals surface area (Å²) in [4.78, 5) is -0.761. The smallest absolute Gasteiger partial charge is 0.870 e. The Labute approximate surface area is 357 Å². The van der Waals surface area contributed by atoms with E-state index in [1.165, 1.54) is 101 Å². The fraction of sp³-hybridized carbons (Fsp3) is 0.429. The van der Waals surface area contributed by atoms with E-state index in [0.717, 1.165) is 49.7 Å². The fourth-order valence-electron chi connectivity index (χ4n) is 5.88. The van der Waals surface area contributed by atoms with Gasteiger partial charge in [-0.25, -0.2) is 8.42 Å². The van der Waals surface area contributed by atoms with E-state index in [1.54, 1.807) is 48.5 Å². The topological polar surface area (TPSA) is 173 Å². The predicted molar refractivity (Wildman–Crippen MR) is 214 cm³/mol. The van der Waals surface area contributed by atoms with Crippen LogP contribution in [0.15, 0.2) is 94.7 Å². The van der Waals surface area contributed by atoms with E-state index >= 15 is 0 Å². The first-order chi connectivity index (χ1) is 25.8. The summed E-state index contributed by atoms with van der Waals surface area (Å²) in [7, 11) is -9.13. The summed E-state index contributed by atoms with van der Waals surface area (Å²) in [5.74, 6) is -0.417. The summed E-state index contributed by atoms with van der Waals surface area (Å²) in [5, 5.41) is 21.7. The minimum Gasteiger partial charge on any atom is -0.870 e. The molecule has 13 heteroatoms. The molecule has 0 spiro atoms. The molecule has 4 aromatic carbocycles. The molecule has 0 aliphatic rings. The minimum atomic E-state index is -4.70. The van der Waals surface area contributed by atoms with Crippen LogP contribution in [0.25, 0.3) is 0 Å². The zero-order valence-electron chi connectivity index (χ0n) is 32.1. The largest absolute Gasteiger partial charge is 2.00 e. The van der Waals surface area contributed by atoms with Crippen molar-refractivity contribution < 1.29 is 45.6 Å². The summed E-state index contributed by atoms with van der Waals surface area (Å²) in [6.07, 6.45) is 18.2. The number of ether oxygens (including phenoxy) is 2. The maximum absolute atomic E-state index is 11.8. The van der Waals surface area contributed by atoms with E-state index in [1.807, 2.05) is 0 Å². The molecule has 0 atom stereocenters. The van der Waals surface area contributed by atoms with Crippen molar-refractivity contribution in [3.8, 4) is 34.5 Å². The number of benzene rings is 4. The molecule has 0 unspecified atom stereocenters. The summed E-state index contributed by atoms with van der Waals surface area (Å²) in [6.45, 7) is 4.39. The molecule has 4 rings (SSSR count). The molecule has 0 aromatic heterocycles. The summed E-state index contributed by atoms with van der Waals surface area (Å²) in [5.41, 5.74) is 1.82. The minimum absolute atomic E-state index is 0. The number of hydrogen-bond acceptors (Lipinski definition) is 9. The Balaban J connectivity index is 0.000000373. The van der Waals surface area contributed by atoms with Crippen LogP contribution in [0.3, 0.4) is 0 Å². The molecule has 296 valence electrons. The van der Waals surface area contributed by atoms with Crippen molar-refractivity contribution in [1.29, 1.82) is 0 Å². The van der Waals surface area contributed by atoms with E-state index in [0.29, 0.717) is 0 Å². The standard InChI is InChI=1S/2C21H28O5S.Ca/c2*1-2-3-4-5-6-7-8-11-17-14-15-21(27(23,24)25)20(16-17)26-19-13-10-9-12-18(19)22;/h2*9-10,12-16,22H,2-8,11H2,1H3,(H,23,24,25);/q;;+2/p-2. The van der Waals surface area contributed by atoms with Crippen molar-refractivity contribution in [2.75, 3.05) is 0 Å². The van der Waals surface area contributed by atoms with Crippen molar-refractivity contribution in [3.05, 3.63) is 96.1 Å². The van der Waals surface area contributed by atoms with Crippen LogP contribution in [0.1, 0.15) is 115 Å². The van der Waals surface area contributed by atoms with Gasteiger partial charge in [-0.15, -0.1) is 0 Å². The molecule has 0 amide bonds. The van der Waals surface area contributed by atoms with Crippen LogP contribution in [0.5, 0.6) is 34.5 Å². The number of unbranched alkanes of at least 4 members (excludes halogenated alkanes) is 12. The van der Waals surface area contributed by atoms with Crippen molar-refractivity contribution in [3.63, 3.8) is 0 Å². The Morgan fingerprint density at radius 3 is 1.44 bits per heavy atom. The summed E-state index contributed by atoms with van der Waals surface area (Å²) < 4.78 is 78.3. The normalized spacial score (nSPS) is 11.3. The van der Waals surface area contributed by atoms with Crippen LogP contribution in [0, 0.1) is 0 Å². The van der Waals surface area contributed by atoms with Crippen LogP contribution in [0.2, 0.25) is 0 Å². The maximum Gasteiger partial charge on any atom is 2.00 e. The van der Waals surface area contributed by atoms with Crippen LogP contribution in [0.4, 0.5) is 0 Å². The van der Waals surface area contributed by atoms with Gasteiger partial charge in [-0.3, -0.25) is 4.55 Å². The Hall–Kier alpha value is -2.84.